The number of carbonyl (C=O) groups is 1. The molecule has 0 unspecified atom stereocenters. The lowest BCUT2D eigenvalue weighted by atomic mass is 9.83. The summed E-state index contributed by atoms with van der Waals surface area (Å²) in [4.78, 5) is 12.9. The highest BCUT2D eigenvalue weighted by molar-refractivity contribution is 7.89. The van der Waals surface area contributed by atoms with E-state index in [1.54, 1.807) is 12.1 Å². The van der Waals surface area contributed by atoms with Crippen molar-refractivity contribution in [1.29, 1.82) is 0 Å². The van der Waals surface area contributed by atoms with E-state index < -0.39 is 10.0 Å². The third-order valence-corrected chi connectivity index (χ3v) is 7.77. The van der Waals surface area contributed by atoms with E-state index >= 15 is 0 Å². The highest BCUT2D eigenvalue weighted by Crippen LogP contribution is 2.42. The van der Waals surface area contributed by atoms with E-state index in [1.807, 2.05) is 24.3 Å². The molecule has 0 saturated heterocycles. The predicted octanol–water partition coefficient (Wildman–Crippen LogP) is 3.51. The minimum Gasteiger partial charge on any atom is -0.497 e. The van der Waals surface area contributed by atoms with Gasteiger partial charge in [0.15, 0.2) is 0 Å². The maximum Gasteiger partial charge on any atom is 0.243 e. The first kappa shape index (κ1) is 23.1. The molecule has 7 nitrogen and oxygen atoms in total. The average Bonchev–Trinajstić information content (AvgIpc) is 2.78. The van der Waals surface area contributed by atoms with Gasteiger partial charge >= 0.3 is 0 Å². The minimum absolute atomic E-state index is 0.107. The number of carbonyl (C=O) groups excluding carboxylic acids is 1. The number of rotatable bonds is 8. The second-order valence-electron chi connectivity index (χ2n) is 7.79. The second kappa shape index (κ2) is 9.28. The zero-order valence-electron chi connectivity index (χ0n) is 18.4. The molecule has 0 spiro atoms. The SMILES string of the molecule is CCC1(CC)C[C@@H](NC(=O)CN(C)S(=O)(=O)c2ccc(OC)cc2)c2ccccc2O1. The van der Waals surface area contributed by atoms with Gasteiger partial charge in [-0.25, -0.2) is 8.42 Å². The zero-order chi connectivity index (χ0) is 22.6. The van der Waals surface area contributed by atoms with E-state index in [0.717, 1.165) is 28.5 Å². The number of methoxy groups -OCH3 is 1. The number of likely N-dealkylation sites (N-methyl/N-ethyl adjacent to an activating group) is 1. The summed E-state index contributed by atoms with van der Waals surface area (Å²) < 4.78 is 38.1. The molecule has 1 atom stereocenters. The van der Waals surface area contributed by atoms with Crippen LogP contribution in [0.25, 0.3) is 0 Å². The predicted molar refractivity (Wildman–Crippen MR) is 119 cm³/mol. The van der Waals surface area contributed by atoms with Crippen LogP contribution < -0.4 is 14.8 Å². The smallest absolute Gasteiger partial charge is 0.243 e. The summed E-state index contributed by atoms with van der Waals surface area (Å²) in [6, 6.07) is 13.5. The van der Waals surface area contributed by atoms with E-state index in [0.29, 0.717) is 12.2 Å². The number of nitrogens with zero attached hydrogens (tertiary/aromatic N) is 1. The molecular weight excluding hydrogens is 416 g/mol. The molecular formula is C23H30N2O5S. The number of para-hydroxylation sites is 1. The van der Waals surface area contributed by atoms with Crippen LogP contribution in [0.3, 0.4) is 0 Å². The van der Waals surface area contributed by atoms with E-state index in [4.69, 9.17) is 9.47 Å². The Hall–Kier alpha value is -2.58. The van der Waals surface area contributed by atoms with Crippen molar-refractivity contribution < 1.29 is 22.7 Å². The van der Waals surface area contributed by atoms with Crippen molar-refractivity contribution in [1.82, 2.24) is 9.62 Å². The lowest BCUT2D eigenvalue weighted by Crippen LogP contribution is -2.46. The summed E-state index contributed by atoms with van der Waals surface area (Å²) in [5.74, 6) is 0.970. The Kier molecular flexibility index (Phi) is 6.91. The van der Waals surface area contributed by atoms with Crippen LogP contribution in [0.4, 0.5) is 0 Å². The van der Waals surface area contributed by atoms with Gasteiger partial charge in [0, 0.05) is 19.0 Å². The second-order valence-corrected chi connectivity index (χ2v) is 9.84. The molecule has 0 bridgehead atoms. The number of amides is 1. The quantitative estimate of drug-likeness (QED) is 0.671. The van der Waals surface area contributed by atoms with Gasteiger partial charge in [0.05, 0.1) is 24.6 Å². The van der Waals surface area contributed by atoms with Gasteiger partial charge in [-0.3, -0.25) is 4.79 Å². The summed E-state index contributed by atoms with van der Waals surface area (Å²) in [5.41, 5.74) is 0.557. The third-order valence-electron chi connectivity index (χ3n) is 5.95. The maximum atomic E-state index is 12.8. The van der Waals surface area contributed by atoms with Crippen molar-refractivity contribution in [3.63, 3.8) is 0 Å². The molecule has 3 rings (SSSR count). The fourth-order valence-corrected chi connectivity index (χ4v) is 5.01. The average molecular weight is 447 g/mol. The fraction of sp³-hybridized carbons (Fsp3) is 0.435. The highest BCUT2D eigenvalue weighted by Gasteiger charge is 2.39. The highest BCUT2D eigenvalue weighted by atomic mass is 32.2. The van der Waals surface area contributed by atoms with E-state index in [1.165, 1.54) is 26.3 Å². The number of sulfonamides is 1. The van der Waals surface area contributed by atoms with Crippen LogP contribution in [0, 0.1) is 0 Å². The van der Waals surface area contributed by atoms with Crippen molar-refractivity contribution in [3.05, 3.63) is 54.1 Å². The standard InChI is InChI=1S/C23H30N2O5S/c1-5-23(6-2)15-20(19-9-7-8-10-21(19)30-23)24-22(26)16-25(3)31(27,28)18-13-11-17(29-4)12-14-18/h7-14,20H,5-6,15-16H2,1-4H3,(H,24,26)/t20-/m1/s1. The topological polar surface area (TPSA) is 84.9 Å². The molecule has 1 aliphatic heterocycles. The van der Waals surface area contributed by atoms with Gasteiger partial charge in [-0.2, -0.15) is 4.31 Å². The Balaban J connectivity index is 1.74. The van der Waals surface area contributed by atoms with Crippen LogP contribution in [0.15, 0.2) is 53.4 Å². The van der Waals surface area contributed by atoms with Gasteiger partial charge in [0.1, 0.15) is 17.1 Å². The van der Waals surface area contributed by atoms with Crippen molar-refractivity contribution in [2.45, 2.75) is 49.6 Å². The largest absolute Gasteiger partial charge is 0.497 e. The monoisotopic (exact) mass is 446 g/mol. The number of fused-ring (bicyclic) bond motifs is 1. The molecule has 1 amide bonds. The first-order valence-corrected chi connectivity index (χ1v) is 11.9. The summed E-state index contributed by atoms with van der Waals surface area (Å²) in [6.45, 7) is 3.87. The number of ether oxygens (including phenoxy) is 2. The molecule has 31 heavy (non-hydrogen) atoms. The van der Waals surface area contributed by atoms with Crippen molar-refractivity contribution in [2.24, 2.45) is 0 Å². The van der Waals surface area contributed by atoms with Crippen LogP contribution >= 0.6 is 0 Å². The van der Waals surface area contributed by atoms with Gasteiger partial charge in [-0.1, -0.05) is 32.0 Å². The molecule has 8 heteroatoms. The molecule has 1 N–H and O–H groups in total. The number of hydrogen-bond donors (Lipinski definition) is 1. The lowest BCUT2D eigenvalue weighted by molar-refractivity contribution is -0.122. The Morgan fingerprint density at radius 3 is 2.42 bits per heavy atom. The molecule has 1 aliphatic rings. The normalized spacial score (nSPS) is 17.5. The van der Waals surface area contributed by atoms with Crippen LogP contribution in [0.1, 0.15) is 44.7 Å². The van der Waals surface area contributed by atoms with Crippen LogP contribution in [-0.4, -0.2) is 44.9 Å². The molecule has 1 heterocycles. The molecule has 0 aromatic heterocycles. The first-order valence-electron chi connectivity index (χ1n) is 10.4. The summed E-state index contributed by atoms with van der Waals surface area (Å²) in [5, 5.41) is 3.03. The van der Waals surface area contributed by atoms with E-state index in [-0.39, 0.29) is 29.0 Å². The Morgan fingerprint density at radius 1 is 1.16 bits per heavy atom. The Labute approximate surface area is 184 Å². The third kappa shape index (κ3) is 4.85. The first-order chi connectivity index (χ1) is 14.7. The van der Waals surface area contributed by atoms with E-state index in [9.17, 15) is 13.2 Å². The number of benzene rings is 2. The Morgan fingerprint density at radius 2 is 1.81 bits per heavy atom. The molecule has 168 valence electrons. The number of hydrogen-bond acceptors (Lipinski definition) is 5. The van der Waals surface area contributed by atoms with E-state index in [2.05, 4.69) is 19.2 Å². The van der Waals surface area contributed by atoms with Gasteiger partial charge < -0.3 is 14.8 Å². The molecule has 0 radical (unpaired) electrons. The van der Waals surface area contributed by atoms with Crippen molar-refractivity contribution in [3.8, 4) is 11.5 Å². The molecule has 0 saturated carbocycles. The van der Waals surface area contributed by atoms with Gasteiger partial charge in [-0.05, 0) is 43.2 Å². The number of nitrogens with one attached hydrogen (secondary N) is 1. The van der Waals surface area contributed by atoms with Gasteiger partial charge in [-0.15, -0.1) is 0 Å². The molecule has 2 aromatic rings. The summed E-state index contributed by atoms with van der Waals surface area (Å²) >= 11 is 0. The van der Waals surface area contributed by atoms with Crippen LogP contribution in [0.5, 0.6) is 11.5 Å². The zero-order valence-corrected chi connectivity index (χ0v) is 19.2. The van der Waals surface area contributed by atoms with Crippen molar-refractivity contribution in [2.75, 3.05) is 20.7 Å². The molecule has 0 fully saturated rings. The van der Waals surface area contributed by atoms with Gasteiger partial charge in [0.2, 0.25) is 15.9 Å². The fourth-order valence-electron chi connectivity index (χ4n) is 3.88. The van der Waals surface area contributed by atoms with Crippen LogP contribution in [0.2, 0.25) is 0 Å². The molecule has 0 aliphatic carbocycles. The summed E-state index contributed by atoms with van der Waals surface area (Å²) in [6.07, 6.45) is 2.27. The van der Waals surface area contributed by atoms with Crippen molar-refractivity contribution >= 4 is 15.9 Å². The lowest BCUT2D eigenvalue weighted by Gasteiger charge is -2.41. The van der Waals surface area contributed by atoms with Crippen LogP contribution in [-0.2, 0) is 14.8 Å². The summed E-state index contributed by atoms with van der Waals surface area (Å²) in [7, 11) is -0.884. The Bertz CT molecular complexity index is 1020. The molecule has 2 aromatic carbocycles. The van der Waals surface area contributed by atoms with Gasteiger partial charge in [0.25, 0.3) is 0 Å². The maximum absolute atomic E-state index is 12.8. The minimum atomic E-state index is -3.80.